The SMILES string of the molecule is Cc1ccn2nc(NCC3Cc4ccccc4O3)nc2c1. The van der Waals surface area contributed by atoms with Crippen molar-refractivity contribution in [2.24, 2.45) is 0 Å². The van der Waals surface area contributed by atoms with E-state index in [9.17, 15) is 0 Å². The maximum Gasteiger partial charge on any atom is 0.243 e. The van der Waals surface area contributed by atoms with E-state index in [-0.39, 0.29) is 6.10 Å². The first kappa shape index (κ1) is 12.2. The van der Waals surface area contributed by atoms with Crippen LogP contribution in [0.15, 0.2) is 42.6 Å². The van der Waals surface area contributed by atoms with E-state index in [4.69, 9.17) is 4.74 Å². The number of hydrogen-bond donors (Lipinski definition) is 1. The van der Waals surface area contributed by atoms with Gasteiger partial charge in [0.05, 0.1) is 6.54 Å². The second kappa shape index (κ2) is 4.77. The number of nitrogens with zero attached hydrogens (tertiary/aromatic N) is 3. The second-order valence-corrected chi connectivity index (χ2v) is 5.37. The van der Waals surface area contributed by atoms with Crippen LogP contribution in [0.25, 0.3) is 5.65 Å². The molecule has 1 aliphatic heterocycles. The lowest BCUT2D eigenvalue weighted by molar-refractivity contribution is 0.246. The zero-order valence-electron chi connectivity index (χ0n) is 11.8. The topological polar surface area (TPSA) is 51.5 Å². The molecule has 0 saturated heterocycles. The van der Waals surface area contributed by atoms with Gasteiger partial charge in [0.25, 0.3) is 0 Å². The molecule has 1 aliphatic rings. The van der Waals surface area contributed by atoms with Gasteiger partial charge in [0, 0.05) is 12.6 Å². The molecule has 1 aromatic carbocycles. The van der Waals surface area contributed by atoms with Crippen LogP contribution < -0.4 is 10.1 Å². The van der Waals surface area contributed by atoms with E-state index < -0.39 is 0 Å². The molecule has 0 aliphatic carbocycles. The van der Waals surface area contributed by atoms with Gasteiger partial charge in [0.2, 0.25) is 5.95 Å². The first-order valence-corrected chi connectivity index (χ1v) is 7.09. The molecule has 0 spiro atoms. The van der Waals surface area contributed by atoms with Gasteiger partial charge >= 0.3 is 0 Å². The fraction of sp³-hybridized carbons (Fsp3) is 0.250. The Morgan fingerprint density at radius 2 is 2.24 bits per heavy atom. The van der Waals surface area contributed by atoms with E-state index in [1.165, 1.54) is 11.1 Å². The van der Waals surface area contributed by atoms with E-state index in [1.54, 1.807) is 4.52 Å². The Hall–Kier alpha value is -2.56. The number of hydrogen-bond acceptors (Lipinski definition) is 4. The number of aromatic nitrogens is 3. The molecule has 1 atom stereocenters. The molecule has 4 rings (SSSR count). The van der Waals surface area contributed by atoms with E-state index in [1.807, 2.05) is 43.5 Å². The summed E-state index contributed by atoms with van der Waals surface area (Å²) in [5, 5.41) is 7.67. The molecular weight excluding hydrogens is 264 g/mol. The van der Waals surface area contributed by atoms with Gasteiger partial charge in [-0.3, -0.25) is 0 Å². The molecule has 1 unspecified atom stereocenters. The monoisotopic (exact) mass is 280 g/mol. The molecule has 3 heterocycles. The average molecular weight is 280 g/mol. The van der Waals surface area contributed by atoms with Crippen LogP contribution in [0.1, 0.15) is 11.1 Å². The van der Waals surface area contributed by atoms with Crippen LogP contribution in [-0.2, 0) is 6.42 Å². The predicted octanol–water partition coefficient (Wildman–Crippen LogP) is 2.45. The molecule has 0 bridgehead atoms. The Bertz CT molecular complexity index is 771. The second-order valence-electron chi connectivity index (χ2n) is 5.37. The van der Waals surface area contributed by atoms with Crippen molar-refractivity contribution in [2.45, 2.75) is 19.4 Å². The first-order chi connectivity index (χ1) is 10.3. The van der Waals surface area contributed by atoms with E-state index in [0.717, 1.165) is 17.8 Å². The van der Waals surface area contributed by atoms with Crippen LogP contribution in [-0.4, -0.2) is 27.2 Å². The number of benzene rings is 1. The highest BCUT2D eigenvalue weighted by Crippen LogP contribution is 2.28. The highest BCUT2D eigenvalue weighted by atomic mass is 16.5. The van der Waals surface area contributed by atoms with Crippen LogP contribution in [0.4, 0.5) is 5.95 Å². The van der Waals surface area contributed by atoms with Crippen molar-refractivity contribution in [2.75, 3.05) is 11.9 Å². The summed E-state index contributed by atoms with van der Waals surface area (Å²) in [5.41, 5.74) is 3.30. The Morgan fingerprint density at radius 3 is 3.14 bits per heavy atom. The Morgan fingerprint density at radius 1 is 1.33 bits per heavy atom. The highest BCUT2D eigenvalue weighted by Gasteiger charge is 2.22. The molecule has 2 aromatic heterocycles. The summed E-state index contributed by atoms with van der Waals surface area (Å²) >= 11 is 0. The van der Waals surface area contributed by atoms with Gasteiger partial charge in [0.15, 0.2) is 5.65 Å². The van der Waals surface area contributed by atoms with Crippen molar-refractivity contribution >= 4 is 11.6 Å². The number of nitrogens with one attached hydrogen (secondary N) is 1. The predicted molar refractivity (Wildman–Crippen MR) is 80.8 cm³/mol. The molecule has 5 heteroatoms. The van der Waals surface area contributed by atoms with Crippen LogP contribution >= 0.6 is 0 Å². The van der Waals surface area contributed by atoms with Gasteiger partial charge < -0.3 is 10.1 Å². The smallest absolute Gasteiger partial charge is 0.243 e. The number of anilines is 1. The van der Waals surface area contributed by atoms with Crippen molar-refractivity contribution in [1.82, 2.24) is 14.6 Å². The lowest BCUT2D eigenvalue weighted by atomic mass is 10.1. The number of ether oxygens (including phenoxy) is 1. The van der Waals surface area contributed by atoms with Gasteiger partial charge in [-0.1, -0.05) is 18.2 Å². The Labute approximate surface area is 122 Å². The lowest BCUT2D eigenvalue weighted by Crippen LogP contribution is -2.24. The molecule has 5 nitrogen and oxygen atoms in total. The molecule has 0 fully saturated rings. The molecule has 0 radical (unpaired) electrons. The highest BCUT2D eigenvalue weighted by molar-refractivity contribution is 5.45. The minimum Gasteiger partial charge on any atom is -0.488 e. The molecular formula is C16H16N4O. The lowest BCUT2D eigenvalue weighted by Gasteiger charge is -2.10. The summed E-state index contributed by atoms with van der Waals surface area (Å²) in [6.45, 7) is 2.75. The maximum atomic E-state index is 5.90. The van der Waals surface area contributed by atoms with Crippen molar-refractivity contribution in [3.63, 3.8) is 0 Å². The third-order valence-corrected chi connectivity index (χ3v) is 3.69. The molecule has 21 heavy (non-hydrogen) atoms. The summed E-state index contributed by atoms with van der Waals surface area (Å²) in [6.07, 6.45) is 2.98. The summed E-state index contributed by atoms with van der Waals surface area (Å²) in [5.74, 6) is 1.63. The van der Waals surface area contributed by atoms with Crippen LogP contribution in [0, 0.1) is 6.92 Å². The first-order valence-electron chi connectivity index (χ1n) is 7.09. The molecule has 3 aromatic rings. The number of pyridine rings is 1. The third-order valence-electron chi connectivity index (χ3n) is 3.69. The number of aryl methyl sites for hydroxylation is 1. The fourth-order valence-electron chi connectivity index (χ4n) is 2.63. The molecule has 0 saturated carbocycles. The Balaban J connectivity index is 1.45. The van der Waals surface area contributed by atoms with E-state index >= 15 is 0 Å². The standard InChI is InChI=1S/C16H16N4O/c1-11-6-7-20-15(8-11)18-16(19-20)17-10-13-9-12-4-2-3-5-14(12)21-13/h2-8,13H,9-10H2,1H3,(H,17,19). The Kier molecular flexibility index (Phi) is 2.77. The summed E-state index contributed by atoms with van der Waals surface area (Å²) in [6, 6.07) is 12.2. The molecule has 106 valence electrons. The number of rotatable bonds is 3. The van der Waals surface area contributed by atoms with Crippen molar-refractivity contribution < 1.29 is 4.74 Å². The van der Waals surface area contributed by atoms with Crippen molar-refractivity contribution in [3.05, 3.63) is 53.7 Å². The minimum atomic E-state index is 0.135. The van der Waals surface area contributed by atoms with Gasteiger partial charge in [-0.2, -0.15) is 4.98 Å². The zero-order chi connectivity index (χ0) is 14.2. The van der Waals surface area contributed by atoms with Crippen LogP contribution in [0.5, 0.6) is 5.75 Å². The van der Waals surface area contributed by atoms with E-state index in [0.29, 0.717) is 12.5 Å². The van der Waals surface area contributed by atoms with Gasteiger partial charge in [-0.25, -0.2) is 4.52 Å². The molecule has 1 N–H and O–H groups in total. The van der Waals surface area contributed by atoms with E-state index in [2.05, 4.69) is 21.5 Å². The number of fused-ring (bicyclic) bond motifs is 2. The van der Waals surface area contributed by atoms with Crippen molar-refractivity contribution in [1.29, 1.82) is 0 Å². The maximum absolute atomic E-state index is 5.90. The number of para-hydroxylation sites is 1. The minimum absolute atomic E-state index is 0.135. The third kappa shape index (κ3) is 2.31. The fourth-order valence-corrected chi connectivity index (χ4v) is 2.63. The zero-order valence-corrected chi connectivity index (χ0v) is 11.8. The normalized spacial score (nSPS) is 16.7. The summed E-state index contributed by atoms with van der Waals surface area (Å²) in [4.78, 5) is 4.47. The van der Waals surface area contributed by atoms with Gasteiger partial charge in [-0.05, 0) is 36.2 Å². The van der Waals surface area contributed by atoms with Gasteiger partial charge in [-0.15, -0.1) is 5.10 Å². The van der Waals surface area contributed by atoms with Crippen LogP contribution in [0.3, 0.4) is 0 Å². The van der Waals surface area contributed by atoms with Gasteiger partial charge in [0.1, 0.15) is 11.9 Å². The summed E-state index contributed by atoms with van der Waals surface area (Å²) < 4.78 is 7.67. The quantitative estimate of drug-likeness (QED) is 0.800. The van der Waals surface area contributed by atoms with Crippen molar-refractivity contribution in [3.8, 4) is 5.75 Å². The average Bonchev–Trinajstić information content (AvgIpc) is 3.07. The largest absolute Gasteiger partial charge is 0.488 e. The van der Waals surface area contributed by atoms with Crippen LogP contribution in [0.2, 0.25) is 0 Å². The molecule has 0 amide bonds. The summed E-state index contributed by atoms with van der Waals surface area (Å²) in [7, 11) is 0.